The first-order valence-corrected chi connectivity index (χ1v) is 6.07. The Hall–Kier alpha value is -2.62. The Bertz CT molecular complexity index is 629. The number of ether oxygens (including phenoxy) is 2. The van der Waals surface area contributed by atoms with E-state index in [1.807, 2.05) is 0 Å². The average Bonchev–Trinajstić information content (AvgIpc) is 2.47. The maximum Gasteiger partial charge on any atom is 0.343 e. The molecule has 0 aliphatic carbocycles. The van der Waals surface area contributed by atoms with Crippen molar-refractivity contribution in [1.82, 2.24) is 0 Å². The van der Waals surface area contributed by atoms with Crippen molar-refractivity contribution in [3.63, 3.8) is 0 Å². The zero-order valence-corrected chi connectivity index (χ0v) is 11.3. The molecule has 4 heteroatoms. The molecule has 0 fully saturated rings. The number of methoxy groups -OCH3 is 1. The van der Waals surface area contributed by atoms with Crippen LogP contribution in [-0.4, -0.2) is 18.9 Å². The molecule has 0 atom stereocenters. The molecule has 0 heterocycles. The Kier molecular flexibility index (Phi) is 4.15. The zero-order chi connectivity index (χ0) is 14.5. The molecule has 20 heavy (non-hydrogen) atoms. The molecule has 2 rings (SSSR count). The number of carbonyl (C=O) groups excluding carboxylic acids is 2. The molecule has 0 saturated carbocycles. The molecule has 0 radical (unpaired) electrons. The van der Waals surface area contributed by atoms with E-state index in [0.717, 1.165) is 0 Å². The number of carbonyl (C=O) groups is 2. The fourth-order valence-electron chi connectivity index (χ4n) is 1.67. The monoisotopic (exact) mass is 270 g/mol. The second kappa shape index (κ2) is 6.02. The van der Waals surface area contributed by atoms with Crippen LogP contribution in [0.4, 0.5) is 0 Å². The van der Waals surface area contributed by atoms with Crippen LogP contribution in [0.1, 0.15) is 27.6 Å². The van der Waals surface area contributed by atoms with Gasteiger partial charge in [-0.25, -0.2) is 4.79 Å². The minimum atomic E-state index is -0.473. The number of hydrogen-bond donors (Lipinski definition) is 0. The van der Waals surface area contributed by atoms with Crippen molar-refractivity contribution in [2.45, 2.75) is 6.92 Å². The van der Waals surface area contributed by atoms with Crippen molar-refractivity contribution in [2.24, 2.45) is 0 Å². The molecule has 0 spiro atoms. The molecule has 0 aromatic heterocycles. The predicted molar refractivity (Wildman–Crippen MR) is 74.4 cm³/mol. The smallest absolute Gasteiger partial charge is 0.343 e. The highest BCUT2D eigenvalue weighted by molar-refractivity contribution is 5.94. The molecule has 0 aliphatic heterocycles. The Labute approximate surface area is 116 Å². The van der Waals surface area contributed by atoms with Gasteiger partial charge in [-0.1, -0.05) is 6.07 Å². The maximum atomic E-state index is 12.0. The molecule has 0 aliphatic rings. The minimum Gasteiger partial charge on any atom is -0.497 e. The molecule has 0 saturated heterocycles. The average molecular weight is 270 g/mol. The third kappa shape index (κ3) is 3.23. The normalized spacial score (nSPS) is 9.90. The van der Waals surface area contributed by atoms with Crippen molar-refractivity contribution in [3.8, 4) is 11.5 Å². The van der Waals surface area contributed by atoms with E-state index in [1.165, 1.54) is 14.0 Å². The van der Waals surface area contributed by atoms with Gasteiger partial charge in [-0.05, 0) is 49.4 Å². The van der Waals surface area contributed by atoms with E-state index in [1.54, 1.807) is 48.5 Å². The van der Waals surface area contributed by atoms with Gasteiger partial charge in [-0.3, -0.25) is 4.79 Å². The van der Waals surface area contributed by atoms with E-state index in [4.69, 9.17) is 9.47 Å². The van der Waals surface area contributed by atoms with E-state index in [9.17, 15) is 9.59 Å². The number of benzene rings is 2. The number of hydrogen-bond acceptors (Lipinski definition) is 4. The highest BCUT2D eigenvalue weighted by Crippen LogP contribution is 2.17. The third-order valence-electron chi connectivity index (χ3n) is 2.78. The quantitative estimate of drug-likeness (QED) is 0.486. The number of Topliss-reactive ketones (excluding diaryl/α,β-unsaturated/α-hetero) is 1. The highest BCUT2D eigenvalue weighted by atomic mass is 16.5. The van der Waals surface area contributed by atoms with Crippen LogP contribution >= 0.6 is 0 Å². The van der Waals surface area contributed by atoms with Crippen molar-refractivity contribution < 1.29 is 19.1 Å². The second-order valence-electron chi connectivity index (χ2n) is 4.20. The lowest BCUT2D eigenvalue weighted by Gasteiger charge is -2.06. The summed E-state index contributed by atoms with van der Waals surface area (Å²) in [6.07, 6.45) is 0. The molecule has 4 nitrogen and oxygen atoms in total. The van der Waals surface area contributed by atoms with Gasteiger partial charge in [0.1, 0.15) is 11.5 Å². The lowest BCUT2D eigenvalue weighted by molar-refractivity contribution is 0.0734. The van der Waals surface area contributed by atoms with Gasteiger partial charge in [0.25, 0.3) is 0 Å². The van der Waals surface area contributed by atoms with Crippen molar-refractivity contribution in [3.05, 3.63) is 59.7 Å². The predicted octanol–water partition coefficient (Wildman–Crippen LogP) is 3.12. The summed E-state index contributed by atoms with van der Waals surface area (Å²) in [4.78, 5) is 23.1. The van der Waals surface area contributed by atoms with Crippen LogP contribution in [0.15, 0.2) is 48.5 Å². The Morgan fingerprint density at radius 3 is 2.20 bits per heavy atom. The van der Waals surface area contributed by atoms with Crippen molar-refractivity contribution in [2.75, 3.05) is 7.11 Å². The van der Waals surface area contributed by atoms with E-state index >= 15 is 0 Å². The fourth-order valence-corrected chi connectivity index (χ4v) is 1.67. The lowest BCUT2D eigenvalue weighted by atomic mass is 10.1. The molecule has 0 N–H and O–H groups in total. The topological polar surface area (TPSA) is 52.6 Å². The summed E-state index contributed by atoms with van der Waals surface area (Å²) >= 11 is 0. The first-order chi connectivity index (χ1) is 9.60. The van der Waals surface area contributed by atoms with E-state index in [2.05, 4.69) is 0 Å². The van der Waals surface area contributed by atoms with Gasteiger partial charge in [0, 0.05) is 5.56 Å². The molecule has 0 amide bonds. The summed E-state index contributed by atoms with van der Waals surface area (Å²) in [5.41, 5.74) is 0.978. The van der Waals surface area contributed by atoms with Gasteiger partial charge in [0.05, 0.1) is 12.7 Å². The van der Waals surface area contributed by atoms with Crippen LogP contribution in [0.5, 0.6) is 11.5 Å². The molecular formula is C16H14O4. The largest absolute Gasteiger partial charge is 0.497 e. The summed E-state index contributed by atoms with van der Waals surface area (Å²) in [7, 11) is 1.53. The second-order valence-corrected chi connectivity index (χ2v) is 4.20. The van der Waals surface area contributed by atoms with Gasteiger partial charge in [0.15, 0.2) is 5.78 Å². The number of esters is 1. The Morgan fingerprint density at radius 1 is 0.900 bits per heavy atom. The van der Waals surface area contributed by atoms with Gasteiger partial charge < -0.3 is 9.47 Å². The standard InChI is InChI=1S/C16H14O4/c1-11(17)12-6-8-14(9-7-12)20-16(18)13-4-3-5-15(10-13)19-2/h3-10H,1-2H3. The number of ketones is 1. The van der Waals surface area contributed by atoms with Crippen molar-refractivity contribution in [1.29, 1.82) is 0 Å². The summed E-state index contributed by atoms with van der Waals surface area (Å²) in [6, 6.07) is 13.1. The molecule has 2 aromatic carbocycles. The summed E-state index contributed by atoms with van der Waals surface area (Å²) in [5.74, 6) is 0.476. The minimum absolute atomic E-state index is 0.0318. The number of rotatable bonds is 4. The molecular weight excluding hydrogens is 256 g/mol. The molecule has 0 bridgehead atoms. The highest BCUT2D eigenvalue weighted by Gasteiger charge is 2.09. The van der Waals surface area contributed by atoms with E-state index in [0.29, 0.717) is 22.6 Å². The van der Waals surface area contributed by atoms with Crippen LogP contribution < -0.4 is 9.47 Å². The third-order valence-corrected chi connectivity index (χ3v) is 2.78. The first kappa shape index (κ1) is 13.8. The SMILES string of the molecule is COc1cccc(C(=O)Oc2ccc(C(C)=O)cc2)c1. The van der Waals surface area contributed by atoms with Crippen molar-refractivity contribution >= 4 is 11.8 Å². The van der Waals surface area contributed by atoms with Crippen LogP contribution in [-0.2, 0) is 0 Å². The lowest BCUT2D eigenvalue weighted by Crippen LogP contribution is -2.08. The van der Waals surface area contributed by atoms with Crippen LogP contribution in [0, 0.1) is 0 Å². The molecule has 102 valence electrons. The summed E-state index contributed by atoms with van der Waals surface area (Å²) in [6.45, 7) is 1.48. The molecule has 2 aromatic rings. The summed E-state index contributed by atoms with van der Waals surface area (Å²) in [5, 5.41) is 0. The summed E-state index contributed by atoms with van der Waals surface area (Å²) < 4.78 is 10.3. The van der Waals surface area contributed by atoms with Crippen LogP contribution in [0.2, 0.25) is 0 Å². The van der Waals surface area contributed by atoms with Crippen LogP contribution in [0.3, 0.4) is 0 Å². The van der Waals surface area contributed by atoms with Crippen LogP contribution in [0.25, 0.3) is 0 Å². The van der Waals surface area contributed by atoms with Gasteiger partial charge in [0.2, 0.25) is 0 Å². The Balaban J connectivity index is 2.12. The first-order valence-electron chi connectivity index (χ1n) is 6.07. The van der Waals surface area contributed by atoms with Gasteiger partial charge >= 0.3 is 5.97 Å². The van der Waals surface area contributed by atoms with E-state index < -0.39 is 5.97 Å². The van der Waals surface area contributed by atoms with Gasteiger partial charge in [-0.2, -0.15) is 0 Å². The van der Waals surface area contributed by atoms with E-state index in [-0.39, 0.29) is 5.78 Å². The zero-order valence-electron chi connectivity index (χ0n) is 11.3. The maximum absolute atomic E-state index is 12.0. The Morgan fingerprint density at radius 2 is 1.60 bits per heavy atom. The van der Waals surface area contributed by atoms with Gasteiger partial charge in [-0.15, -0.1) is 0 Å². The molecule has 0 unspecified atom stereocenters. The fraction of sp³-hybridized carbons (Fsp3) is 0.125.